The van der Waals surface area contributed by atoms with Crippen LogP contribution in [0.1, 0.15) is 28.2 Å². The molecule has 172 valence electrons. The maximum atomic E-state index is 13.4. The fourth-order valence-corrected chi connectivity index (χ4v) is 4.13. The van der Waals surface area contributed by atoms with Gasteiger partial charge in [-0.1, -0.05) is 36.4 Å². The largest absolute Gasteiger partial charge is 0.573 e. The number of alkyl halides is 3. The second kappa shape index (κ2) is 8.33. The van der Waals surface area contributed by atoms with Gasteiger partial charge in [0.25, 0.3) is 5.91 Å². The lowest BCUT2D eigenvalue weighted by atomic mass is 9.81. The van der Waals surface area contributed by atoms with Gasteiger partial charge in [0, 0.05) is 18.0 Å². The fraction of sp³-hybridized carbons (Fsp3) is 0.160. The van der Waals surface area contributed by atoms with E-state index in [-0.39, 0.29) is 18.1 Å². The molecule has 1 unspecified atom stereocenters. The first-order valence-electron chi connectivity index (χ1n) is 10.5. The van der Waals surface area contributed by atoms with Crippen molar-refractivity contribution in [3.05, 3.63) is 95.9 Å². The van der Waals surface area contributed by atoms with Crippen molar-refractivity contribution in [1.82, 2.24) is 15.3 Å². The minimum Gasteiger partial charge on any atom is -0.491 e. The van der Waals surface area contributed by atoms with Crippen LogP contribution in [0.2, 0.25) is 0 Å². The van der Waals surface area contributed by atoms with Crippen molar-refractivity contribution >= 4 is 16.8 Å². The molecule has 0 fully saturated rings. The molecule has 0 saturated carbocycles. The average Bonchev–Trinajstić information content (AvgIpc) is 2.83. The first-order chi connectivity index (χ1) is 16.3. The van der Waals surface area contributed by atoms with Crippen LogP contribution < -0.4 is 14.8 Å². The monoisotopic (exact) mass is 465 g/mol. The van der Waals surface area contributed by atoms with E-state index in [9.17, 15) is 18.0 Å². The van der Waals surface area contributed by atoms with Gasteiger partial charge < -0.3 is 14.8 Å². The number of rotatable bonds is 4. The second-order valence-electron chi connectivity index (χ2n) is 7.77. The number of hydrogen-bond donors (Lipinski definition) is 1. The van der Waals surface area contributed by atoms with E-state index in [2.05, 4.69) is 20.0 Å². The number of fused-ring (bicyclic) bond motifs is 2. The zero-order valence-corrected chi connectivity index (χ0v) is 17.7. The van der Waals surface area contributed by atoms with Crippen molar-refractivity contribution in [2.24, 2.45) is 0 Å². The van der Waals surface area contributed by atoms with Crippen LogP contribution in [-0.4, -0.2) is 28.8 Å². The lowest BCUT2D eigenvalue weighted by molar-refractivity contribution is -0.274. The summed E-state index contributed by atoms with van der Waals surface area (Å²) in [6.45, 7) is 0.269. The number of pyridine rings is 2. The number of hydrogen-bond acceptors (Lipinski definition) is 5. The minimum absolute atomic E-state index is 0.207. The van der Waals surface area contributed by atoms with Crippen molar-refractivity contribution in [3.8, 4) is 11.5 Å². The molecule has 0 aliphatic carbocycles. The number of aromatic nitrogens is 2. The van der Waals surface area contributed by atoms with Crippen LogP contribution in [-0.2, 0) is 5.54 Å². The molecule has 1 aliphatic heterocycles. The lowest BCUT2D eigenvalue weighted by Crippen LogP contribution is -2.50. The normalized spacial score (nSPS) is 17.5. The van der Waals surface area contributed by atoms with E-state index in [4.69, 9.17) is 4.74 Å². The standard InChI is InChI=1S/C25H18F3N3O3/c26-25(27,28)34-18-10-8-17(9-11-18)24(13-15-33-21-6-3-14-29-22(21)24)31-23(32)20-12-7-16-4-1-2-5-19(16)30-20/h1-12,14H,13,15H2,(H,31,32). The van der Waals surface area contributed by atoms with Gasteiger partial charge in [-0.3, -0.25) is 9.78 Å². The molecule has 1 aliphatic rings. The van der Waals surface area contributed by atoms with E-state index in [0.29, 0.717) is 28.9 Å². The molecular formula is C25H18F3N3O3. The summed E-state index contributed by atoms with van der Waals surface area (Å²) >= 11 is 0. The average molecular weight is 465 g/mol. The van der Waals surface area contributed by atoms with Crippen molar-refractivity contribution < 1.29 is 27.4 Å². The van der Waals surface area contributed by atoms with Gasteiger partial charge in [-0.15, -0.1) is 13.2 Å². The van der Waals surface area contributed by atoms with Crippen LogP contribution in [0.3, 0.4) is 0 Å². The van der Waals surface area contributed by atoms with E-state index < -0.39 is 17.8 Å². The fourth-order valence-electron chi connectivity index (χ4n) is 4.13. The minimum atomic E-state index is -4.80. The van der Waals surface area contributed by atoms with E-state index in [1.807, 2.05) is 30.3 Å². The summed E-state index contributed by atoms with van der Waals surface area (Å²) in [7, 11) is 0. The molecule has 1 N–H and O–H groups in total. The maximum Gasteiger partial charge on any atom is 0.573 e. The van der Waals surface area contributed by atoms with Gasteiger partial charge in [-0.2, -0.15) is 0 Å². The highest BCUT2D eigenvalue weighted by molar-refractivity contribution is 5.95. The molecule has 2 aromatic heterocycles. The van der Waals surface area contributed by atoms with E-state index in [1.165, 1.54) is 24.3 Å². The summed E-state index contributed by atoms with van der Waals surface area (Å²) in [5.41, 5.74) is 0.734. The van der Waals surface area contributed by atoms with Crippen molar-refractivity contribution in [1.29, 1.82) is 0 Å². The summed E-state index contributed by atoms with van der Waals surface area (Å²) < 4.78 is 47.6. The predicted molar refractivity (Wildman–Crippen MR) is 117 cm³/mol. The molecule has 34 heavy (non-hydrogen) atoms. The van der Waals surface area contributed by atoms with Gasteiger partial charge in [0.15, 0.2) is 0 Å². The van der Waals surface area contributed by atoms with E-state index in [0.717, 1.165) is 5.39 Å². The Hall–Kier alpha value is -4.14. The molecule has 5 rings (SSSR count). The van der Waals surface area contributed by atoms with Crippen molar-refractivity contribution in [2.75, 3.05) is 6.61 Å². The van der Waals surface area contributed by atoms with E-state index in [1.54, 1.807) is 24.4 Å². The van der Waals surface area contributed by atoms with Gasteiger partial charge in [0.2, 0.25) is 0 Å². The smallest absolute Gasteiger partial charge is 0.491 e. The number of amides is 1. The summed E-state index contributed by atoms with van der Waals surface area (Å²) in [6.07, 6.45) is -2.92. The Balaban J connectivity index is 1.56. The molecule has 6 nitrogen and oxygen atoms in total. The molecule has 1 amide bonds. The topological polar surface area (TPSA) is 73.3 Å². The number of carbonyl (C=O) groups excluding carboxylic acids is 1. The Morgan fingerprint density at radius 2 is 1.79 bits per heavy atom. The summed E-state index contributed by atoms with van der Waals surface area (Å²) in [4.78, 5) is 22.3. The number of halogens is 3. The summed E-state index contributed by atoms with van der Waals surface area (Å²) in [6, 6.07) is 19.7. The SMILES string of the molecule is O=C(NC1(c2ccc(OC(F)(F)F)cc2)CCOc2cccnc21)c1ccc2ccccc2n1. The van der Waals surface area contributed by atoms with Crippen LogP contribution >= 0.6 is 0 Å². The van der Waals surface area contributed by atoms with Gasteiger partial charge in [0.1, 0.15) is 28.4 Å². The van der Waals surface area contributed by atoms with Gasteiger partial charge in [0.05, 0.1) is 12.1 Å². The second-order valence-corrected chi connectivity index (χ2v) is 7.77. The van der Waals surface area contributed by atoms with Gasteiger partial charge in [-0.05, 0) is 42.0 Å². The first kappa shape index (κ1) is 21.7. The Morgan fingerprint density at radius 3 is 2.59 bits per heavy atom. The Labute approximate surface area is 192 Å². The Bertz CT molecular complexity index is 1360. The summed E-state index contributed by atoms with van der Waals surface area (Å²) in [5.74, 6) is -0.321. The van der Waals surface area contributed by atoms with Crippen molar-refractivity contribution in [3.63, 3.8) is 0 Å². The zero-order chi connectivity index (χ0) is 23.8. The quantitative estimate of drug-likeness (QED) is 0.460. The number of nitrogens with zero attached hydrogens (tertiary/aromatic N) is 2. The van der Waals surface area contributed by atoms with Gasteiger partial charge in [-0.25, -0.2) is 4.98 Å². The molecular weight excluding hydrogens is 447 g/mol. The zero-order valence-electron chi connectivity index (χ0n) is 17.7. The molecule has 2 aromatic carbocycles. The highest BCUT2D eigenvalue weighted by Gasteiger charge is 2.43. The molecule has 0 saturated heterocycles. The Morgan fingerprint density at radius 1 is 1.00 bits per heavy atom. The lowest BCUT2D eigenvalue weighted by Gasteiger charge is -2.39. The van der Waals surface area contributed by atoms with Crippen LogP contribution in [0.4, 0.5) is 13.2 Å². The molecule has 3 heterocycles. The van der Waals surface area contributed by atoms with Crippen LogP contribution in [0.15, 0.2) is 79.0 Å². The number of carbonyl (C=O) groups is 1. The highest BCUT2D eigenvalue weighted by Crippen LogP contribution is 2.41. The molecule has 0 radical (unpaired) electrons. The first-order valence-corrected chi connectivity index (χ1v) is 10.5. The van der Waals surface area contributed by atoms with Crippen LogP contribution in [0.25, 0.3) is 10.9 Å². The highest BCUT2D eigenvalue weighted by atomic mass is 19.4. The third-order valence-electron chi connectivity index (χ3n) is 5.65. The Kier molecular flexibility index (Phi) is 5.31. The maximum absolute atomic E-state index is 13.4. The van der Waals surface area contributed by atoms with Crippen molar-refractivity contribution in [2.45, 2.75) is 18.3 Å². The molecule has 0 spiro atoms. The third-order valence-corrected chi connectivity index (χ3v) is 5.65. The summed E-state index contributed by atoms with van der Waals surface area (Å²) in [5, 5.41) is 3.94. The number of benzene rings is 2. The van der Waals surface area contributed by atoms with Crippen LogP contribution in [0.5, 0.6) is 11.5 Å². The van der Waals surface area contributed by atoms with Crippen LogP contribution in [0, 0.1) is 0 Å². The molecule has 0 bridgehead atoms. The van der Waals surface area contributed by atoms with Gasteiger partial charge >= 0.3 is 6.36 Å². The molecule has 1 atom stereocenters. The number of para-hydroxylation sites is 1. The number of ether oxygens (including phenoxy) is 2. The van der Waals surface area contributed by atoms with E-state index >= 15 is 0 Å². The number of nitrogens with one attached hydrogen (secondary N) is 1. The molecule has 9 heteroatoms. The third kappa shape index (κ3) is 4.12. The predicted octanol–water partition coefficient (Wildman–Crippen LogP) is 4.98. The molecule has 4 aromatic rings.